The van der Waals surface area contributed by atoms with E-state index < -0.39 is 5.97 Å². The number of rotatable bonds is 4. The van der Waals surface area contributed by atoms with E-state index in [0.29, 0.717) is 12.1 Å². The van der Waals surface area contributed by atoms with Crippen LogP contribution in [0.2, 0.25) is 0 Å². The first-order valence-electron chi connectivity index (χ1n) is 10.1. The van der Waals surface area contributed by atoms with Gasteiger partial charge >= 0.3 is 5.97 Å². The largest absolute Gasteiger partial charge is 0.477 e. The first kappa shape index (κ1) is 19.3. The number of hydrogen-bond donors (Lipinski definition) is 4. The highest BCUT2D eigenvalue weighted by Crippen LogP contribution is 2.48. The highest BCUT2D eigenvalue weighted by Gasteiger charge is 2.38. The molecule has 2 aliphatic rings. The van der Waals surface area contributed by atoms with Gasteiger partial charge in [-0.3, -0.25) is 4.79 Å². The number of imidazole rings is 1. The quantitative estimate of drug-likeness (QED) is 0.344. The molecule has 0 fully saturated rings. The van der Waals surface area contributed by atoms with Crippen LogP contribution in [0.1, 0.15) is 46.1 Å². The molecule has 1 aliphatic heterocycles. The molecule has 160 valence electrons. The Balaban J connectivity index is 1.40. The number of thiazole rings is 1. The lowest BCUT2D eigenvalue weighted by molar-refractivity contribution is -0.116. The summed E-state index contributed by atoms with van der Waals surface area (Å²) in [7, 11) is 0. The third-order valence-electron chi connectivity index (χ3n) is 5.79. The molecule has 0 radical (unpaired) electrons. The van der Waals surface area contributed by atoms with Crippen LogP contribution in [-0.2, 0) is 4.79 Å². The summed E-state index contributed by atoms with van der Waals surface area (Å²) in [6.07, 6.45) is 5.46. The number of carboxylic acids is 1. The fourth-order valence-corrected chi connectivity index (χ4v) is 6.45. The van der Waals surface area contributed by atoms with Crippen molar-refractivity contribution >= 4 is 51.6 Å². The van der Waals surface area contributed by atoms with Crippen LogP contribution in [0.4, 0.5) is 5.69 Å². The van der Waals surface area contributed by atoms with Crippen LogP contribution in [0.3, 0.4) is 0 Å². The summed E-state index contributed by atoms with van der Waals surface area (Å²) in [4.78, 5) is 40.8. The number of anilines is 1. The molecule has 6 rings (SSSR count). The second-order valence-electron chi connectivity index (χ2n) is 7.72. The number of nitrogens with zero attached hydrogens (tertiary/aromatic N) is 2. The number of carbonyl (C=O) groups excluding carboxylic acids is 1. The van der Waals surface area contributed by atoms with Crippen molar-refractivity contribution in [2.75, 3.05) is 5.32 Å². The molecule has 8 nitrogen and oxygen atoms in total. The summed E-state index contributed by atoms with van der Waals surface area (Å²) in [6, 6.07) is 7.84. The molecule has 0 spiro atoms. The Bertz CT molecular complexity index is 1400. The van der Waals surface area contributed by atoms with Crippen molar-refractivity contribution in [2.24, 2.45) is 0 Å². The molecule has 0 saturated carbocycles. The van der Waals surface area contributed by atoms with E-state index in [1.165, 1.54) is 23.1 Å². The topological polar surface area (TPSA) is 124 Å². The molecule has 1 unspecified atom stereocenters. The van der Waals surface area contributed by atoms with E-state index in [4.69, 9.17) is 0 Å². The molecule has 0 saturated heterocycles. The molecule has 1 atom stereocenters. The van der Waals surface area contributed by atoms with Crippen LogP contribution in [0.15, 0.2) is 57.4 Å². The van der Waals surface area contributed by atoms with Crippen LogP contribution in [-0.4, -0.2) is 36.8 Å². The number of aromatic carboxylic acids is 1. The highest BCUT2D eigenvalue weighted by molar-refractivity contribution is 8.00. The molecule has 4 N–H and O–H groups in total. The van der Waals surface area contributed by atoms with Gasteiger partial charge in [-0.25, -0.2) is 14.8 Å². The maximum absolute atomic E-state index is 12.9. The number of H-pyrrole nitrogens is 2. The zero-order chi connectivity index (χ0) is 21.8. The minimum absolute atomic E-state index is 0.104. The molecule has 1 aromatic carbocycles. The lowest BCUT2D eigenvalue weighted by Crippen LogP contribution is -2.26. The van der Waals surface area contributed by atoms with Crippen LogP contribution in [0, 0.1) is 0 Å². The zero-order valence-corrected chi connectivity index (χ0v) is 18.3. The van der Waals surface area contributed by atoms with Crippen molar-refractivity contribution in [3.8, 4) is 0 Å². The molecule has 0 amide bonds. The van der Waals surface area contributed by atoms with Crippen molar-refractivity contribution in [3.05, 3.63) is 64.1 Å². The Morgan fingerprint density at radius 2 is 2.12 bits per heavy atom. The zero-order valence-electron chi connectivity index (χ0n) is 16.6. The number of carboxylic acid groups (broad SMARTS) is 1. The minimum atomic E-state index is -1.03. The van der Waals surface area contributed by atoms with Gasteiger partial charge in [0.2, 0.25) is 0 Å². The average Bonchev–Trinajstić information content (AvgIpc) is 3.50. The highest BCUT2D eigenvalue weighted by atomic mass is 32.2. The van der Waals surface area contributed by atoms with Gasteiger partial charge in [0, 0.05) is 40.5 Å². The molecule has 3 aromatic heterocycles. The Hall–Kier alpha value is -3.37. The number of para-hydroxylation sites is 2. The summed E-state index contributed by atoms with van der Waals surface area (Å²) >= 11 is 2.94. The molecular weight excluding hydrogens is 446 g/mol. The van der Waals surface area contributed by atoms with Crippen LogP contribution in [0.25, 0.3) is 11.0 Å². The first-order valence-corrected chi connectivity index (χ1v) is 11.8. The van der Waals surface area contributed by atoms with Crippen LogP contribution >= 0.6 is 23.1 Å². The Morgan fingerprint density at radius 3 is 2.97 bits per heavy atom. The van der Waals surface area contributed by atoms with Crippen LogP contribution < -0.4 is 5.32 Å². The van der Waals surface area contributed by atoms with E-state index in [2.05, 4.69) is 25.3 Å². The van der Waals surface area contributed by atoms with Gasteiger partial charge in [-0.1, -0.05) is 12.1 Å². The van der Waals surface area contributed by atoms with Crippen molar-refractivity contribution in [1.82, 2.24) is 19.9 Å². The van der Waals surface area contributed by atoms with E-state index in [0.717, 1.165) is 55.1 Å². The summed E-state index contributed by atoms with van der Waals surface area (Å²) in [5, 5.41) is 13.6. The van der Waals surface area contributed by atoms with Crippen molar-refractivity contribution < 1.29 is 14.7 Å². The average molecular weight is 464 g/mol. The lowest BCUT2D eigenvalue weighted by Gasteiger charge is -2.31. The number of ketones is 1. The number of hydrogen-bond acceptors (Lipinski definition) is 7. The van der Waals surface area contributed by atoms with Gasteiger partial charge in [-0.15, -0.1) is 11.3 Å². The van der Waals surface area contributed by atoms with Crippen molar-refractivity contribution in [1.29, 1.82) is 0 Å². The molecule has 32 heavy (non-hydrogen) atoms. The molecule has 4 aromatic rings. The molecule has 1 aliphatic carbocycles. The predicted molar refractivity (Wildman–Crippen MR) is 121 cm³/mol. The normalized spacial score (nSPS) is 17.9. The second kappa shape index (κ2) is 7.35. The fourth-order valence-electron chi connectivity index (χ4n) is 4.41. The Kier molecular flexibility index (Phi) is 4.44. The fraction of sp³-hybridized carbons (Fsp3) is 0.182. The molecule has 0 bridgehead atoms. The van der Waals surface area contributed by atoms with Gasteiger partial charge in [-0.2, -0.15) is 0 Å². The van der Waals surface area contributed by atoms with Gasteiger partial charge in [0.15, 0.2) is 15.3 Å². The van der Waals surface area contributed by atoms with Gasteiger partial charge in [-0.05, 0) is 36.7 Å². The SMILES string of the molecule is O=C1CCCC2=C1C(c1cnc(Sc3nc4ccccc4[nH]3)s1)c1c[nH]c(C(=O)O)c1N2. The van der Waals surface area contributed by atoms with E-state index in [1.54, 1.807) is 12.4 Å². The maximum Gasteiger partial charge on any atom is 0.354 e. The van der Waals surface area contributed by atoms with Crippen LogP contribution in [0.5, 0.6) is 0 Å². The van der Waals surface area contributed by atoms with Gasteiger partial charge < -0.3 is 20.4 Å². The summed E-state index contributed by atoms with van der Waals surface area (Å²) in [5.74, 6) is -1.26. The minimum Gasteiger partial charge on any atom is -0.477 e. The number of carbonyl (C=O) groups is 2. The number of aromatic nitrogens is 4. The number of Topliss-reactive ketones (excluding diaryl/α,β-unsaturated/α-hetero) is 1. The number of allylic oxidation sites excluding steroid dienone is 2. The summed E-state index contributed by atoms with van der Waals surface area (Å²) in [5.41, 5.74) is 4.81. The predicted octanol–water partition coefficient (Wildman–Crippen LogP) is 4.76. The molecular formula is C22H17N5O3S2. The van der Waals surface area contributed by atoms with E-state index in [-0.39, 0.29) is 17.4 Å². The van der Waals surface area contributed by atoms with E-state index in [9.17, 15) is 14.7 Å². The second-order valence-corrected chi connectivity index (χ2v) is 10.0. The lowest BCUT2D eigenvalue weighted by atomic mass is 9.79. The van der Waals surface area contributed by atoms with Gasteiger partial charge in [0.05, 0.1) is 22.6 Å². The first-order chi connectivity index (χ1) is 15.6. The standard InChI is InChI=1S/C22H17N5O3S2/c28-14-7-3-6-13-17(14)16(10-8-23-19(20(29)30)18(10)25-13)15-9-24-22(31-15)32-21-26-11-4-1-2-5-12(11)27-21/h1-2,4-5,8-9,16,23,25H,3,6-7H2,(H,26,27)(H,29,30). The number of benzene rings is 1. The number of aromatic amines is 2. The summed E-state index contributed by atoms with van der Waals surface area (Å²) in [6.45, 7) is 0. The van der Waals surface area contributed by atoms with E-state index in [1.807, 2.05) is 24.3 Å². The molecule has 10 heteroatoms. The Morgan fingerprint density at radius 1 is 1.25 bits per heavy atom. The monoisotopic (exact) mass is 463 g/mol. The number of nitrogens with one attached hydrogen (secondary N) is 3. The van der Waals surface area contributed by atoms with Crippen molar-refractivity contribution in [3.63, 3.8) is 0 Å². The number of fused-ring (bicyclic) bond motifs is 2. The smallest absolute Gasteiger partial charge is 0.354 e. The van der Waals surface area contributed by atoms with Gasteiger partial charge in [0.25, 0.3) is 0 Å². The third-order valence-corrected chi connectivity index (χ3v) is 7.82. The maximum atomic E-state index is 12.9. The van der Waals surface area contributed by atoms with Crippen molar-refractivity contribution in [2.45, 2.75) is 34.7 Å². The summed E-state index contributed by atoms with van der Waals surface area (Å²) < 4.78 is 0.804. The van der Waals surface area contributed by atoms with Gasteiger partial charge in [0.1, 0.15) is 5.69 Å². The molecule has 4 heterocycles. The Labute approximate surface area is 190 Å². The van der Waals surface area contributed by atoms with E-state index >= 15 is 0 Å². The third kappa shape index (κ3) is 3.06.